The van der Waals surface area contributed by atoms with Crippen molar-refractivity contribution in [3.05, 3.63) is 41.7 Å². The summed E-state index contributed by atoms with van der Waals surface area (Å²) in [5.74, 6) is 0.600. The summed E-state index contributed by atoms with van der Waals surface area (Å²) in [7, 11) is 0. The molecule has 0 aliphatic rings. The average molecular weight is 296 g/mol. The summed E-state index contributed by atoms with van der Waals surface area (Å²) >= 11 is 0. The molecule has 4 heteroatoms. The Bertz CT molecular complexity index is 722. The van der Waals surface area contributed by atoms with Gasteiger partial charge in [0.15, 0.2) is 0 Å². The second-order valence-electron chi connectivity index (χ2n) is 5.10. The van der Waals surface area contributed by atoms with Crippen LogP contribution < -0.4 is 5.32 Å². The number of furan rings is 1. The zero-order valence-electron chi connectivity index (χ0n) is 12.9. The highest BCUT2D eigenvalue weighted by Gasteiger charge is 2.11. The Morgan fingerprint density at radius 3 is 2.86 bits per heavy atom. The van der Waals surface area contributed by atoms with Gasteiger partial charge in [-0.3, -0.25) is 4.79 Å². The van der Waals surface area contributed by atoms with E-state index < -0.39 is 6.04 Å². The van der Waals surface area contributed by atoms with Crippen LogP contribution >= 0.6 is 0 Å². The number of aryl methyl sites for hydroxylation is 1. The molecule has 2 aromatic rings. The quantitative estimate of drug-likeness (QED) is 0.824. The molecule has 4 nitrogen and oxygen atoms in total. The maximum Gasteiger partial charge on any atom is 0.245 e. The van der Waals surface area contributed by atoms with E-state index >= 15 is 0 Å². The van der Waals surface area contributed by atoms with Crippen LogP contribution in [-0.2, 0) is 11.2 Å². The fraction of sp³-hybridized carbons (Fsp3) is 0.333. The molecule has 22 heavy (non-hydrogen) atoms. The van der Waals surface area contributed by atoms with Crippen LogP contribution in [0.5, 0.6) is 0 Å². The van der Waals surface area contributed by atoms with Gasteiger partial charge in [0.2, 0.25) is 5.91 Å². The second-order valence-corrected chi connectivity index (χ2v) is 5.10. The number of rotatable bonds is 6. The lowest BCUT2D eigenvalue weighted by atomic mass is 10.1. The number of carbonyl (C=O) groups is 1. The van der Waals surface area contributed by atoms with E-state index in [2.05, 4.69) is 11.4 Å². The van der Waals surface area contributed by atoms with Crippen molar-refractivity contribution in [2.24, 2.45) is 0 Å². The van der Waals surface area contributed by atoms with Crippen molar-refractivity contribution >= 4 is 23.0 Å². The highest BCUT2D eigenvalue weighted by atomic mass is 16.3. The van der Waals surface area contributed by atoms with E-state index in [1.165, 1.54) is 6.08 Å². The van der Waals surface area contributed by atoms with Gasteiger partial charge < -0.3 is 9.73 Å². The van der Waals surface area contributed by atoms with Gasteiger partial charge in [-0.25, -0.2) is 0 Å². The van der Waals surface area contributed by atoms with Crippen LogP contribution in [0.15, 0.2) is 34.8 Å². The van der Waals surface area contributed by atoms with Crippen LogP contribution in [0.25, 0.3) is 17.0 Å². The lowest BCUT2D eigenvalue weighted by Crippen LogP contribution is -2.32. The first-order valence-electron chi connectivity index (χ1n) is 7.58. The van der Waals surface area contributed by atoms with Gasteiger partial charge in [0.1, 0.15) is 17.4 Å². The molecule has 114 valence electrons. The Hall–Kier alpha value is -2.54. The molecular weight excluding hydrogens is 276 g/mol. The van der Waals surface area contributed by atoms with E-state index in [0.29, 0.717) is 6.42 Å². The van der Waals surface area contributed by atoms with Crippen molar-refractivity contribution in [1.29, 1.82) is 5.26 Å². The number of nitriles is 1. The van der Waals surface area contributed by atoms with E-state index in [0.717, 1.165) is 35.1 Å². The molecule has 1 heterocycles. The molecule has 1 aromatic carbocycles. The van der Waals surface area contributed by atoms with Crippen molar-refractivity contribution in [3.8, 4) is 6.07 Å². The summed E-state index contributed by atoms with van der Waals surface area (Å²) in [5, 5.41) is 12.7. The minimum Gasteiger partial charge on any atom is -0.460 e. The van der Waals surface area contributed by atoms with Crippen LogP contribution in [0, 0.1) is 11.3 Å². The van der Waals surface area contributed by atoms with Crippen LogP contribution in [0.1, 0.15) is 38.0 Å². The van der Waals surface area contributed by atoms with Gasteiger partial charge in [0.05, 0.1) is 6.07 Å². The molecular formula is C18H20N2O2. The van der Waals surface area contributed by atoms with Crippen molar-refractivity contribution in [2.45, 2.75) is 39.2 Å². The van der Waals surface area contributed by atoms with Crippen LogP contribution in [0.4, 0.5) is 0 Å². The predicted octanol–water partition coefficient (Wildman–Crippen LogP) is 3.82. The highest BCUT2D eigenvalue weighted by Crippen LogP contribution is 2.27. The zero-order chi connectivity index (χ0) is 15.9. The third-order valence-electron chi connectivity index (χ3n) is 3.48. The molecule has 0 radical (unpaired) electrons. The Kier molecular flexibility index (Phi) is 5.37. The molecule has 0 saturated carbocycles. The molecule has 1 N–H and O–H groups in total. The summed E-state index contributed by atoms with van der Waals surface area (Å²) in [6.07, 6.45) is 5.50. The minimum atomic E-state index is -0.436. The summed E-state index contributed by atoms with van der Waals surface area (Å²) < 4.78 is 5.79. The summed E-state index contributed by atoms with van der Waals surface area (Å²) in [4.78, 5) is 11.9. The average Bonchev–Trinajstić information content (AvgIpc) is 2.90. The number of nitrogens with zero attached hydrogens (tertiary/aromatic N) is 1. The van der Waals surface area contributed by atoms with Crippen molar-refractivity contribution in [1.82, 2.24) is 5.32 Å². The van der Waals surface area contributed by atoms with Gasteiger partial charge in [-0.15, -0.1) is 0 Å². The second kappa shape index (κ2) is 7.46. The van der Waals surface area contributed by atoms with Gasteiger partial charge in [0, 0.05) is 23.4 Å². The van der Waals surface area contributed by atoms with E-state index in [4.69, 9.17) is 9.68 Å². The molecule has 0 aliphatic heterocycles. The zero-order valence-corrected chi connectivity index (χ0v) is 12.9. The first-order chi connectivity index (χ1) is 10.7. The number of fused-ring (bicyclic) bond motifs is 1. The number of carbonyl (C=O) groups excluding carboxylic acids is 1. The van der Waals surface area contributed by atoms with Crippen molar-refractivity contribution in [2.75, 3.05) is 0 Å². The van der Waals surface area contributed by atoms with Crippen molar-refractivity contribution in [3.63, 3.8) is 0 Å². The fourth-order valence-electron chi connectivity index (χ4n) is 2.40. The summed E-state index contributed by atoms with van der Waals surface area (Å²) in [6, 6.07) is 9.42. The fourth-order valence-corrected chi connectivity index (χ4v) is 2.40. The van der Waals surface area contributed by atoms with Gasteiger partial charge in [-0.1, -0.05) is 38.5 Å². The van der Waals surface area contributed by atoms with Crippen LogP contribution in [-0.4, -0.2) is 11.9 Å². The molecule has 1 unspecified atom stereocenters. The Morgan fingerprint density at radius 2 is 2.18 bits per heavy atom. The molecule has 0 fully saturated rings. The van der Waals surface area contributed by atoms with Gasteiger partial charge in [-0.2, -0.15) is 5.26 Å². The maximum absolute atomic E-state index is 11.9. The number of nitrogens with one attached hydrogen (secondary N) is 1. The van der Waals surface area contributed by atoms with E-state index in [1.807, 2.05) is 38.1 Å². The lowest BCUT2D eigenvalue weighted by Gasteiger charge is -2.07. The smallest absolute Gasteiger partial charge is 0.245 e. The molecule has 0 bridgehead atoms. The Balaban J connectivity index is 2.19. The number of amides is 1. The topological polar surface area (TPSA) is 66.0 Å². The van der Waals surface area contributed by atoms with Crippen LogP contribution in [0.3, 0.4) is 0 Å². The normalized spacial score (nSPS) is 12.4. The van der Waals surface area contributed by atoms with Gasteiger partial charge >= 0.3 is 0 Å². The number of hydrogen-bond acceptors (Lipinski definition) is 3. The van der Waals surface area contributed by atoms with E-state index in [1.54, 1.807) is 6.08 Å². The monoisotopic (exact) mass is 296 g/mol. The highest BCUT2D eigenvalue weighted by molar-refractivity contribution is 5.96. The Labute approximate surface area is 130 Å². The van der Waals surface area contributed by atoms with E-state index in [-0.39, 0.29) is 5.91 Å². The molecule has 1 aromatic heterocycles. The molecule has 1 atom stereocenters. The third-order valence-corrected chi connectivity index (χ3v) is 3.48. The number of para-hydroxylation sites is 1. The summed E-state index contributed by atoms with van der Waals surface area (Å²) in [5.41, 5.74) is 1.75. The number of benzene rings is 1. The maximum atomic E-state index is 11.9. The molecule has 2 rings (SSSR count). The predicted molar refractivity (Wildman–Crippen MR) is 87.1 cm³/mol. The lowest BCUT2D eigenvalue weighted by molar-refractivity contribution is -0.116. The summed E-state index contributed by atoms with van der Waals surface area (Å²) in [6.45, 7) is 4.00. The largest absolute Gasteiger partial charge is 0.460 e. The minimum absolute atomic E-state index is 0.257. The van der Waals surface area contributed by atoms with Gasteiger partial charge in [0.25, 0.3) is 0 Å². The van der Waals surface area contributed by atoms with E-state index in [9.17, 15) is 4.79 Å². The molecule has 0 spiro atoms. The molecule has 0 aliphatic carbocycles. The molecule has 1 amide bonds. The van der Waals surface area contributed by atoms with Gasteiger partial charge in [-0.05, 0) is 18.6 Å². The number of hydrogen-bond donors (Lipinski definition) is 1. The van der Waals surface area contributed by atoms with Crippen molar-refractivity contribution < 1.29 is 9.21 Å². The molecule has 0 saturated heterocycles. The Morgan fingerprint density at radius 1 is 1.41 bits per heavy atom. The standard InChI is InChI=1S/C18H20N2O2/c1-3-7-13(12-19)20-18(21)11-10-15-14-8-5-6-9-17(14)22-16(15)4-2/h5-6,8-11,13H,3-4,7H2,1-2H3,(H,20,21). The first kappa shape index (κ1) is 15.8. The first-order valence-corrected chi connectivity index (χ1v) is 7.58. The third kappa shape index (κ3) is 3.56. The van der Waals surface area contributed by atoms with Crippen LogP contribution in [0.2, 0.25) is 0 Å². The SMILES string of the molecule is CCCC(C#N)NC(=O)C=Cc1c(CC)oc2ccccc12.